The van der Waals surface area contributed by atoms with E-state index in [1.165, 1.54) is 7.11 Å². The number of anilines is 2. The van der Waals surface area contributed by atoms with Gasteiger partial charge in [-0.15, -0.1) is 0 Å². The molecule has 6 nitrogen and oxygen atoms in total. The molecule has 21 heavy (non-hydrogen) atoms. The predicted molar refractivity (Wildman–Crippen MR) is 81.4 cm³/mol. The van der Waals surface area contributed by atoms with Crippen molar-refractivity contribution in [2.24, 2.45) is 0 Å². The van der Waals surface area contributed by atoms with E-state index in [1.54, 1.807) is 24.3 Å². The van der Waals surface area contributed by atoms with E-state index >= 15 is 0 Å². The third-order valence-electron chi connectivity index (χ3n) is 3.67. The molecule has 3 N–H and O–H groups in total. The zero-order valence-electron chi connectivity index (χ0n) is 12.4. The van der Waals surface area contributed by atoms with Crippen molar-refractivity contribution in [2.45, 2.75) is 31.7 Å². The average Bonchev–Trinajstić information content (AvgIpc) is 2.48. The third kappa shape index (κ3) is 3.95. The van der Waals surface area contributed by atoms with E-state index in [1.807, 2.05) is 6.92 Å². The first-order valence-electron chi connectivity index (χ1n) is 7.05. The van der Waals surface area contributed by atoms with E-state index in [2.05, 4.69) is 20.7 Å². The van der Waals surface area contributed by atoms with E-state index < -0.39 is 11.6 Å². The van der Waals surface area contributed by atoms with Crippen LogP contribution in [0.2, 0.25) is 0 Å². The minimum absolute atomic E-state index is 0.0579. The molecule has 0 radical (unpaired) electrons. The monoisotopic (exact) mass is 291 g/mol. The van der Waals surface area contributed by atoms with Crippen LogP contribution in [0.3, 0.4) is 0 Å². The Morgan fingerprint density at radius 2 is 1.95 bits per heavy atom. The van der Waals surface area contributed by atoms with Crippen molar-refractivity contribution in [3.8, 4) is 0 Å². The van der Waals surface area contributed by atoms with E-state index in [0.717, 1.165) is 25.8 Å². The average molecular weight is 291 g/mol. The van der Waals surface area contributed by atoms with E-state index in [0.29, 0.717) is 11.4 Å². The van der Waals surface area contributed by atoms with Gasteiger partial charge in [0.25, 0.3) is 0 Å². The maximum absolute atomic E-state index is 12.4. The lowest BCUT2D eigenvalue weighted by Gasteiger charge is -2.33. The molecule has 1 aliphatic rings. The number of carbonyl (C=O) groups excluding carboxylic acids is 2. The lowest BCUT2D eigenvalue weighted by Crippen LogP contribution is -2.54. The standard InChI is InChI=1S/C15H21N3O3/c1-15(8-3-4-9-16-15)13(19)17-11-6-5-7-12(10-11)18-14(20)21-2/h5-7,10,16H,3-4,8-9H2,1-2H3,(H,17,19)(H,18,20). The number of ether oxygens (including phenoxy) is 1. The van der Waals surface area contributed by atoms with Crippen molar-refractivity contribution in [2.75, 3.05) is 24.3 Å². The lowest BCUT2D eigenvalue weighted by molar-refractivity contribution is -0.122. The summed E-state index contributed by atoms with van der Waals surface area (Å²) in [6.45, 7) is 2.77. The fraction of sp³-hybridized carbons (Fsp3) is 0.467. The smallest absolute Gasteiger partial charge is 0.411 e. The van der Waals surface area contributed by atoms with Crippen LogP contribution >= 0.6 is 0 Å². The maximum atomic E-state index is 12.4. The highest BCUT2D eigenvalue weighted by Gasteiger charge is 2.34. The number of benzene rings is 1. The minimum Gasteiger partial charge on any atom is -0.453 e. The summed E-state index contributed by atoms with van der Waals surface area (Å²) in [7, 11) is 1.30. The van der Waals surface area contributed by atoms with Crippen LogP contribution in [-0.2, 0) is 9.53 Å². The number of methoxy groups -OCH3 is 1. The van der Waals surface area contributed by atoms with Gasteiger partial charge in [-0.1, -0.05) is 6.07 Å². The van der Waals surface area contributed by atoms with Gasteiger partial charge in [0.2, 0.25) is 5.91 Å². The van der Waals surface area contributed by atoms with Gasteiger partial charge in [-0.25, -0.2) is 4.79 Å². The predicted octanol–water partition coefficient (Wildman–Crippen LogP) is 2.34. The molecule has 0 aliphatic carbocycles. The van der Waals surface area contributed by atoms with Gasteiger partial charge in [0.05, 0.1) is 12.6 Å². The van der Waals surface area contributed by atoms with Crippen LogP contribution in [0.15, 0.2) is 24.3 Å². The van der Waals surface area contributed by atoms with E-state index in [4.69, 9.17) is 0 Å². The molecule has 0 spiro atoms. The number of amides is 2. The second kappa shape index (κ2) is 6.58. The number of hydrogen-bond acceptors (Lipinski definition) is 4. The Balaban J connectivity index is 2.03. The Labute approximate surface area is 124 Å². The van der Waals surface area contributed by atoms with Gasteiger partial charge in [0, 0.05) is 11.4 Å². The molecular weight excluding hydrogens is 270 g/mol. The molecule has 114 valence electrons. The number of nitrogens with one attached hydrogen (secondary N) is 3. The Bertz CT molecular complexity index is 525. The van der Waals surface area contributed by atoms with E-state index in [9.17, 15) is 9.59 Å². The highest BCUT2D eigenvalue weighted by molar-refractivity contribution is 5.98. The van der Waals surface area contributed by atoms with Gasteiger partial charge < -0.3 is 15.4 Å². The summed E-state index contributed by atoms with van der Waals surface area (Å²) < 4.78 is 4.54. The quantitative estimate of drug-likeness (QED) is 0.798. The Morgan fingerprint density at radius 1 is 1.24 bits per heavy atom. The van der Waals surface area contributed by atoms with Crippen molar-refractivity contribution in [3.63, 3.8) is 0 Å². The summed E-state index contributed by atoms with van der Waals surface area (Å²) in [4.78, 5) is 23.6. The summed E-state index contributed by atoms with van der Waals surface area (Å²) >= 11 is 0. The van der Waals surface area contributed by atoms with Crippen LogP contribution in [0.25, 0.3) is 0 Å². The molecule has 0 aromatic heterocycles. The Hall–Kier alpha value is -2.08. The second-order valence-corrected chi connectivity index (χ2v) is 5.37. The fourth-order valence-corrected chi connectivity index (χ4v) is 2.36. The van der Waals surface area contributed by atoms with Crippen LogP contribution < -0.4 is 16.0 Å². The van der Waals surface area contributed by atoms with Gasteiger partial charge >= 0.3 is 6.09 Å². The van der Waals surface area contributed by atoms with Crippen molar-refractivity contribution in [1.82, 2.24) is 5.32 Å². The number of hydrogen-bond donors (Lipinski definition) is 3. The number of carbonyl (C=O) groups is 2. The molecule has 2 rings (SSSR count). The van der Waals surface area contributed by atoms with Crippen LogP contribution in [-0.4, -0.2) is 31.2 Å². The highest BCUT2D eigenvalue weighted by atomic mass is 16.5. The molecule has 6 heteroatoms. The summed E-state index contributed by atoms with van der Waals surface area (Å²) in [6, 6.07) is 6.97. The van der Waals surface area contributed by atoms with Crippen LogP contribution in [0.5, 0.6) is 0 Å². The molecule has 1 aromatic rings. The van der Waals surface area contributed by atoms with Gasteiger partial charge in [-0.2, -0.15) is 0 Å². The maximum Gasteiger partial charge on any atom is 0.411 e. The Kier molecular flexibility index (Phi) is 4.80. The van der Waals surface area contributed by atoms with Crippen molar-refractivity contribution in [1.29, 1.82) is 0 Å². The zero-order chi connectivity index (χ0) is 15.3. The first-order valence-corrected chi connectivity index (χ1v) is 7.05. The third-order valence-corrected chi connectivity index (χ3v) is 3.67. The van der Waals surface area contributed by atoms with Gasteiger partial charge in [0.1, 0.15) is 0 Å². The van der Waals surface area contributed by atoms with Crippen LogP contribution in [0.4, 0.5) is 16.2 Å². The lowest BCUT2D eigenvalue weighted by atomic mass is 9.90. The molecule has 1 fully saturated rings. The molecule has 1 aromatic carbocycles. The van der Waals surface area contributed by atoms with Crippen molar-refractivity contribution in [3.05, 3.63) is 24.3 Å². The topological polar surface area (TPSA) is 79.5 Å². The molecule has 1 heterocycles. The van der Waals surface area contributed by atoms with Crippen molar-refractivity contribution >= 4 is 23.4 Å². The fourth-order valence-electron chi connectivity index (χ4n) is 2.36. The molecule has 1 saturated heterocycles. The molecule has 0 saturated carbocycles. The first kappa shape index (κ1) is 15.3. The van der Waals surface area contributed by atoms with Crippen LogP contribution in [0.1, 0.15) is 26.2 Å². The zero-order valence-corrected chi connectivity index (χ0v) is 12.4. The Morgan fingerprint density at radius 3 is 2.57 bits per heavy atom. The first-order chi connectivity index (χ1) is 10.0. The largest absolute Gasteiger partial charge is 0.453 e. The molecular formula is C15H21N3O3. The molecule has 2 amide bonds. The number of piperidine rings is 1. The van der Waals surface area contributed by atoms with Gasteiger partial charge in [-0.3, -0.25) is 10.1 Å². The number of rotatable bonds is 3. The normalized spacial score (nSPS) is 21.4. The second-order valence-electron chi connectivity index (χ2n) is 5.37. The minimum atomic E-state index is -0.542. The molecule has 1 atom stereocenters. The summed E-state index contributed by atoms with van der Waals surface area (Å²) in [5.74, 6) is -0.0579. The summed E-state index contributed by atoms with van der Waals surface area (Å²) in [5, 5.41) is 8.73. The summed E-state index contributed by atoms with van der Waals surface area (Å²) in [5.41, 5.74) is 0.674. The van der Waals surface area contributed by atoms with Gasteiger partial charge in [0.15, 0.2) is 0 Å². The molecule has 1 unspecified atom stereocenters. The SMILES string of the molecule is COC(=O)Nc1cccc(NC(=O)C2(C)CCCCN2)c1. The van der Waals surface area contributed by atoms with Crippen LogP contribution in [0, 0.1) is 0 Å². The van der Waals surface area contributed by atoms with Crippen molar-refractivity contribution < 1.29 is 14.3 Å². The molecule has 1 aliphatic heterocycles. The molecule has 0 bridgehead atoms. The summed E-state index contributed by atoms with van der Waals surface area (Å²) in [6.07, 6.45) is 2.42. The highest BCUT2D eigenvalue weighted by Crippen LogP contribution is 2.22. The van der Waals surface area contributed by atoms with Gasteiger partial charge in [-0.05, 0) is 50.9 Å². The van der Waals surface area contributed by atoms with E-state index in [-0.39, 0.29) is 5.91 Å².